The Kier molecular flexibility index (Phi) is 7.93. The topological polar surface area (TPSA) is 9.86 Å². The van der Waals surface area contributed by atoms with Crippen molar-refractivity contribution in [2.24, 2.45) is 0 Å². The summed E-state index contributed by atoms with van der Waals surface area (Å²) in [6.45, 7) is 0. The molecule has 0 amide bonds. The minimum Gasteiger partial charge on any atom is -0.313 e. The van der Waals surface area contributed by atoms with Gasteiger partial charge in [-0.1, -0.05) is 158 Å². The molecule has 2 heterocycles. The molecule has 0 spiro atoms. The summed E-state index contributed by atoms with van der Waals surface area (Å²) in [4.78, 5) is 0. The zero-order valence-electron chi connectivity index (χ0n) is 31.4. The molecule has 57 heavy (non-hydrogen) atoms. The van der Waals surface area contributed by atoms with Crippen LogP contribution in [0.15, 0.2) is 212 Å². The standard InChI is InChI=1S/C55H38N2/c1-4-13-38(14-5-1)41-23-29-46(30-24-41)56-52-21-11-10-20-48(52)49-37-45(28-34-54(49)56)43-19-12-22-53-50(35-43)51-36-44(40-17-8-3-9-18-40)27-33-55(51)57(53)47-31-25-42(26-32-47)39-15-6-2-7-16-39/h1-21,23-37H,22H2. The molecule has 1 aliphatic rings. The average Bonchev–Trinajstić information content (AvgIpc) is 3.68. The lowest BCUT2D eigenvalue weighted by Crippen LogP contribution is -2.00. The second-order valence-electron chi connectivity index (χ2n) is 14.9. The van der Waals surface area contributed by atoms with E-state index < -0.39 is 0 Å². The molecule has 2 heteroatoms. The Hall–Kier alpha value is -7.42. The number of hydrogen-bond acceptors (Lipinski definition) is 0. The Labute approximate surface area is 332 Å². The van der Waals surface area contributed by atoms with E-state index >= 15 is 0 Å². The fourth-order valence-corrected chi connectivity index (χ4v) is 8.81. The van der Waals surface area contributed by atoms with Crippen molar-refractivity contribution >= 4 is 44.4 Å². The van der Waals surface area contributed by atoms with Crippen LogP contribution in [0.4, 0.5) is 0 Å². The van der Waals surface area contributed by atoms with E-state index in [0.29, 0.717) is 0 Å². The fraction of sp³-hybridized carbons (Fsp3) is 0.0182. The zero-order valence-corrected chi connectivity index (χ0v) is 31.4. The molecule has 2 aromatic heterocycles. The highest BCUT2D eigenvalue weighted by molar-refractivity contribution is 6.11. The largest absolute Gasteiger partial charge is 0.313 e. The smallest absolute Gasteiger partial charge is 0.0541 e. The lowest BCUT2D eigenvalue weighted by Gasteiger charge is -2.12. The van der Waals surface area contributed by atoms with Crippen LogP contribution in [0.2, 0.25) is 0 Å². The van der Waals surface area contributed by atoms with Crippen molar-refractivity contribution in [3.8, 4) is 44.8 Å². The van der Waals surface area contributed by atoms with Crippen molar-refractivity contribution in [2.75, 3.05) is 0 Å². The van der Waals surface area contributed by atoms with Gasteiger partial charge in [0.1, 0.15) is 0 Å². The van der Waals surface area contributed by atoms with Gasteiger partial charge in [-0.15, -0.1) is 0 Å². The Morgan fingerprint density at radius 3 is 1.42 bits per heavy atom. The summed E-state index contributed by atoms with van der Waals surface area (Å²) < 4.78 is 4.87. The van der Waals surface area contributed by atoms with Crippen molar-refractivity contribution in [1.82, 2.24) is 9.13 Å². The van der Waals surface area contributed by atoms with Gasteiger partial charge < -0.3 is 9.13 Å². The summed E-state index contributed by atoms with van der Waals surface area (Å²) in [7, 11) is 0. The highest BCUT2D eigenvalue weighted by Gasteiger charge is 2.21. The molecular formula is C55H38N2. The molecule has 0 saturated heterocycles. The second kappa shape index (κ2) is 13.7. The molecule has 0 radical (unpaired) electrons. The van der Waals surface area contributed by atoms with Crippen molar-refractivity contribution in [3.63, 3.8) is 0 Å². The first-order chi connectivity index (χ1) is 28.3. The van der Waals surface area contributed by atoms with Crippen LogP contribution >= 0.6 is 0 Å². The number of nitrogens with zero attached hydrogens (tertiary/aromatic N) is 2. The molecule has 8 aromatic carbocycles. The van der Waals surface area contributed by atoms with Crippen LogP contribution in [0.1, 0.15) is 16.8 Å². The van der Waals surface area contributed by atoms with Gasteiger partial charge in [-0.2, -0.15) is 0 Å². The number of benzene rings is 8. The normalized spacial score (nSPS) is 12.5. The first kappa shape index (κ1) is 33.0. The van der Waals surface area contributed by atoms with Crippen LogP contribution in [0, 0.1) is 0 Å². The van der Waals surface area contributed by atoms with Gasteiger partial charge in [-0.05, 0) is 105 Å². The van der Waals surface area contributed by atoms with Crippen molar-refractivity contribution < 1.29 is 0 Å². The quantitative estimate of drug-likeness (QED) is 0.161. The minimum absolute atomic E-state index is 0.825. The van der Waals surface area contributed by atoms with Crippen LogP contribution in [-0.2, 0) is 6.42 Å². The number of allylic oxidation sites excluding steroid dienone is 3. The van der Waals surface area contributed by atoms with E-state index in [0.717, 1.165) is 12.1 Å². The number of aromatic nitrogens is 2. The van der Waals surface area contributed by atoms with Crippen LogP contribution in [0.5, 0.6) is 0 Å². The van der Waals surface area contributed by atoms with E-state index in [1.54, 1.807) is 0 Å². The molecule has 0 aliphatic heterocycles. The summed E-state index contributed by atoms with van der Waals surface area (Å²) >= 11 is 0. The highest BCUT2D eigenvalue weighted by Crippen LogP contribution is 2.40. The Bertz CT molecular complexity index is 3140. The molecule has 0 fully saturated rings. The highest BCUT2D eigenvalue weighted by atomic mass is 15.0. The SMILES string of the molecule is C1=CC(c2ccc3c(c2)c2ccccc2n3-c2ccc(-c3ccccc3)cc2)=Cc2c(n(-c3ccc(-c4ccccc4)cc3)c3ccc(-c4ccccc4)cc23)C1. The number of rotatable bonds is 6. The fourth-order valence-electron chi connectivity index (χ4n) is 8.81. The van der Waals surface area contributed by atoms with Crippen LogP contribution in [0.25, 0.3) is 89.1 Å². The number of para-hydroxylation sites is 1. The molecule has 10 aromatic rings. The maximum atomic E-state index is 2.47. The Morgan fingerprint density at radius 1 is 0.333 bits per heavy atom. The molecule has 0 bridgehead atoms. The lowest BCUT2D eigenvalue weighted by molar-refractivity contribution is 1.00. The number of hydrogen-bond donors (Lipinski definition) is 0. The molecule has 11 rings (SSSR count). The van der Waals surface area contributed by atoms with E-state index in [4.69, 9.17) is 0 Å². The molecule has 0 N–H and O–H groups in total. The minimum atomic E-state index is 0.825. The Balaban J connectivity index is 1.05. The van der Waals surface area contributed by atoms with Crippen LogP contribution < -0.4 is 0 Å². The molecule has 0 saturated carbocycles. The van der Waals surface area contributed by atoms with Gasteiger partial charge in [0, 0.05) is 45.2 Å². The summed E-state index contributed by atoms with van der Waals surface area (Å²) in [5, 5.41) is 3.76. The van der Waals surface area contributed by atoms with Crippen molar-refractivity contribution in [1.29, 1.82) is 0 Å². The van der Waals surface area contributed by atoms with E-state index in [1.807, 2.05) is 0 Å². The van der Waals surface area contributed by atoms with Gasteiger partial charge in [0.05, 0.1) is 16.6 Å². The van der Waals surface area contributed by atoms with Gasteiger partial charge in [-0.25, -0.2) is 0 Å². The van der Waals surface area contributed by atoms with Crippen LogP contribution in [-0.4, -0.2) is 9.13 Å². The van der Waals surface area contributed by atoms with Gasteiger partial charge in [-0.3, -0.25) is 0 Å². The lowest BCUT2D eigenvalue weighted by atomic mass is 9.98. The molecule has 0 atom stereocenters. The third kappa shape index (κ3) is 5.73. The van der Waals surface area contributed by atoms with Crippen LogP contribution in [0.3, 0.4) is 0 Å². The average molecular weight is 727 g/mol. The van der Waals surface area contributed by atoms with Crippen molar-refractivity contribution in [3.05, 3.63) is 229 Å². The van der Waals surface area contributed by atoms with Gasteiger partial charge >= 0.3 is 0 Å². The Morgan fingerprint density at radius 2 is 0.789 bits per heavy atom. The maximum absolute atomic E-state index is 2.47. The third-order valence-corrected chi connectivity index (χ3v) is 11.6. The van der Waals surface area contributed by atoms with Crippen molar-refractivity contribution in [2.45, 2.75) is 6.42 Å². The number of fused-ring (bicyclic) bond motifs is 6. The second-order valence-corrected chi connectivity index (χ2v) is 14.9. The van der Waals surface area contributed by atoms with E-state index in [-0.39, 0.29) is 0 Å². The predicted molar refractivity (Wildman–Crippen MR) is 241 cm³/mol. The van der Waals surface area contributed by atoms with Gasteiger partial charge in [0.25, 0.3) is 0 Å². The maximum Gasteiger partial charge on any atom is 0.0541 e. The molecule has 0 unspecified atom stereocenters. The molecule has 1 aliphatic carbocycles. The van der Waals surface area contributed by atoms with Gasteiger partial charge in [0.15, 0.2) is 0 Å². The summed E-state index contributed by atoms with van der Waals surface area (Å²) in [6, 6.07) is 72.7. The first-order valence-electron chi connectivity index (χ1n) is 19.7. The van der Waals surface area contributed by atoms with E-state index in [9.17, 15) is 0 Å². The first-order valence-corrected chi connectivity index (χ1v) is 19.7. The summed E-state index contributed by atoms with van der Waals surface area (Å²) in [5.41, 5.74) is 18.3. The molecular weight excluding hydrogens is 689 g/mol. The zero-order chi connectivity index (χ0) is 37.7. The van der Waals surface area contributed by atoms with E-state index in [1.165, 1.54) is 94.2 Å². The molecule has 268 valence electrons. The summed E-state index contributed by atoms with van der Waals surface area (Å²) in [6.07, 6.45) is 7.91. The molecule has 2 nitrogen and oxygen atoms in total. The third-order valence-electron chi connectivity index (χ3n) is 11.6. The van der Waals surface area contributed by atoms with Gasteiger partial charge in [0.2, 0.25) is 0 Å². The van der Waals surface area contributed by atoms with E-state index in [2.05, 4.69) is 228 Å². The summed E-state index contributed by atoms with van der Waals surface area (Å²) in [5.74, 6) is 0. The monoisotopic (exact) mass is 726 g/mol. The predicted octanol–water partition coefficient (Wildman–Crippen LogP) is 14.4.